The molecule has 0 radical (unpaired) electrons. The summed E-state index contributed by atoms with van der Waals surface area (Å²) in [6, 6.07) is 3.68. The minimum absolute atomic E-state index is 0.0105. The number of aromatic nitrogens is 1. The standard InChI is InChI=1S/C12H20N4O2/c1-9(17)4-2-6-14-8-10-5-3-7-15-11(10)12(13)16-18/h3,5,7,9,14,17-18H,2,4,6,8H2,1H3,(H2,13,16). The summed E-state index contributed by atoms with van der Waals surface area (Å²) < 4.78 is 0. The van der Waals surface area contributed by atoms with Gasteiger partial charge in [-0.05, 0) is 37.9 Å². The SMILES string of the molecule is CC(O)CCCNCc1cccnc1/C(N)=N/O. The summed E-state index contributed by atoms with van der Waals surface area (Å²) >= 11 is 0. The topological polar surface area (TPSA) is 104 Å². The molecule has 0 amide bonds. The van der Waals surface area contributed by atoms with E-state index in [2.05, 4.69) is 15.5 Å². The first-order chi connectivity index (χ1) is 8.65. The molecule has 0 fully saturated rings. The zero-order chi connectivity index (χ0) is 13.4. The molecule has 1 unspecified atom stereocenters. The van der Waals surface area contributed by atoms with E-state index in [1.54, 1.807) is 19.2 Å². The van der Waals surface area contributed by atoms with Gasteiger partial charge in [-0.15, -0.1) is 0 Å². The Morgan fingerprint density at radius 1 is 1.61 bits per heavy atom. The molecule has 6 nitrogen and oxygen atoms in total. The van der Waals surface area contributed by atoms with Crippen LogP contribution in [-0.2, 0) is 6.54 Å². The lowest BCUT2D eigenvalue weighted by molar-refractivity contribution is 0.181. The third-order valence-corrected chi connectivity index (χ3v) is 2.53. The van der Waals surface area contributed by atoms with Gasteiger partial charge in [-0.2, -0.15) is 0 Å². The Balaban J connectivity index is 2.47. The van der Waals surface area contributed by atoms with E-state index in [1.165, 1.54) is 0 Å². The molecular formula is C12H20N4O2. The molecule has 5 N–H and O–H groups in total. The monoisotopic (exact) mass is 252 g/mol. The predicted molar refractivity (Wildman–Crippen MR) is 69.4 cm³/mol. The van der Waals surface area contributed by atoms with Crippen molar-refractivity contribution in [2.24, 2.45) is 10.9 Å². The Hall–Kier alpha value is -1.66. The maximum atomic E-state index is 9.12. The summed E-state index contributed by atoms with van der Waals surface area (Å²) in [4.78, 5) is 4.08. The molecule has 1 heterocycles. The van der Waals surface area contributed by atoms with Crippen LogP contribution in [0.3, 0.4) is 0 Å². The number of rotatable bonds is 7. The Morgan fingerprint density at radius 3 is 3.06 bits per heavy atom. The molecule has 0 aliphatic carbocycles. The van der Waals surface area contributed by atoms with E-state index in [0.717, 1.165) is 24.9 Å². The fraction of sp³-hybridized carbons (Fsp3) is 0.500. The minimum Gasteiger partial charge on any atom is -0.409 e. The molecule has 1 aromatic heterocycles. The van der Waals surface area contributed by atoms with Gasteiger partial charge >= 0.3 is 0 Å². The summed E-state index contributed by atoms with van der Waals surface area (Å²) in [5.74, 6) is 0.0105. The normalized spacial score (nSPS) is 13.6. The smallest absolute Gasteiger partial charge is 0.189 e. The van der Waals surface area contributed by atoms with Gasteiger partial charge in [-0.3, -0.25) is 4.98 Å². The van der Waals surface area contributed by atoms with Crippen LogP contribution >= 0.6 is 0 Å². The third-order valence-electron chi connectivity index (χ3n) is 2.53. The van der Waals surface area contributed by atoms with E-state index in [9.17, 15) is 0 Å². The van der Waals surface area contributed by atoms with Crippen molar-refractivity contribution in [1.29, 1.82) is 0 Å². The summed E-state index contributed by atoms with van der Waals surface area (Å²) in [6.45, 7) is 3.17. The molecule has 6 heteroatoms. The lowest BCUT2D eigenvalue weighted by Gasteiger charge is -2.09. The first-order valence-electron chi connectivity index (χ1n) is 5.95. The molecule has 1 aromatic rings. The highest BCUT2D eigenvalue weighted by Gasteiger charge is 2.07. The van der Waals surface area contributed by atoms with Crippen LogP contribution < -0.4 is 11.1 Å². The van der Waals surface area contributed by atoms with Crippen LogP contribution in [0.2, 0.25) is 0 Å². The largest absolute Gasteiger partial charge is 0.409 e. The summed E-state index contributed by atoms with van der Waals surface area (Å²) in [5, 5.41) is 24.0. The third kappa shape index (κ3) is 4.68. The van der Waals surface area contributed by atoms with Gasteiger partial charge in [0.05, 0.1) is 6.10 Å². The fourth-order valence-electron chi connectivity index (χ4n) is 1.60. The van der Waals surface area contributed by atoms with Gasteiger partial charge in [-0.25, -0.2) is 0 Å². The van der Waals surface area contributed by atoms with Crippen LogP contribution in [-0.4, -0.2) is 33.8 Å². The average Bonchev–Trinajstić information content (AvgIpc) is 2.37. The van der Waals surface area contributed by atoms with Gasteiger partial charge in [0.2, 0.25) is 0 Å². The van der Waals surface area contributed by atoms with Crippen molar-refractivity contribution in [1.82, 2.24) is 10.3 Å². The Morgan fingerprint density at radius 2 is 2.39 bits per heavy atom. The van der Waals surface area contributed by atoms with Gasteiger partial charge in [0.15, 0.2) is 5.84 Å². The highest BCUT2D eigenvalue weighted by Crippen LogP contribution is 2.05. The molecular weight excluding hydrogens is 232 g/mol. The zero-order valence-corrected chi connectivity index (χ0v) is 10.5. The molecule has 0 aliphatic rings. The number of nitrogens with zero attached hydrogens (tertiary/aromatic N) is 2. The van der Waals surface area contributed by atoms with E-state index in [0.29, 0.717) is 12.2 Å². The van der Waals surface area contributed by atoms with E-state index < -0.39 is 0 Å². The second-order valence-electron chi connectivity index (χ2n) is 4.16. The Kier molecular flexibility index (Phi) is 6.10. The lowest BCUT2D eigenvalue weighted by Crippen LogP contribution is -2.22. The maximum Gasteiger partial charge on any atom is 0.189 e. The van der Waals surface area contributed by atoms with Crippen LogP contribution in [0.15, 0.2) is 23.5 Å². The summed E-state index contributed by atoms with van der Waals surface area (Å²) in [6.07, 6.45) is 3.01. The van der Waals surface area contributed by atoms with Crippen molar-refractivity contribution in [3.63, 3.8) is 0 Å². The molecule has 0 saturated heterocycles. The first kappa shape index (κ1) is 14.4. The highest BCUT2D eigenvalue weighted by molar-refractivity contribution is 5.96. The summed E-state index contributed by atoms with van der Waals surface area (Å²) in [5.41, 5.74) is 6.91. The van der Waals surface area contributed by atoms with Crippen molar-refractivity contribution in [3.05, 3.63) is 29.6 Å². The van der Waals surface area contributed by atoms with Gasteiger partial charge in [-0.1, -0.05) is 11.2 Å². The molecule has 0 spiro atoms. The molecule has 0 saturated carbocycles. The van der Waals surface area contributed by atoms with Crippen molar-refractivity contribution < 1.29 is 10.3 Å². The fourth-order valence-corrected chi connectivity index (χ4v) is 1.60. The van der Waals surface area contributed by atoms with Gasteiger partial charge in [0.25, 0.3) is 0 Å². The van der Waals surface area contributed by atoms with E-state index >= 15 is 0 Å². The van der Waals surface area contributed by atoms with E-state index in [1.807, 2.05) is 6.07 Å². The Bertz CT molecular complexity index is 393. The van der Waals surface area contributed by atoms with Crippen LogP contribution in [0, 0.1) is 0 Å². The van der Waals surface area contributed by atoms with Crippen molar-refractivity contribution in [3.8, 4) is 0 Å². The Labute approximate surface area is 107 Å². The molecule has 0 aromatic carbocycles. The van der Waals surface area contributed by atoms with Crippen LogP contribution in [0.5, 0.6) is 0 Å². The number of pyridine rings is 1. The number of nitrogens with one attached hydrogen (secondary N) is 1. The van der Waals surface area contributed by atoms with E-state index in [4.69, 9.17) is 16.0 Å². The quantitative estimate of drug-likeness (QED) is 0.185. The number of hydrogen-bond acceptors (Lipinski definition) is 5. The highest BCUT2D eigenvalue weighted by atomic mass is 16.4. The van der Waals surface area contributed by atoms with Crippen LogP contribution in [0.25, 0.3) is 0 Å². The molecule has 0 bridgehead atoms. The molecule has 1 atom stereocenters. The lowest BCUT2D eigenvalue weighted by atomic mass is 10.1. The predicted octanol–water partition coefficient (Wildman–Crippen LogP) is 0.427. The average molecular weight is 252 g/mol. The number of oxime groups is 1. The van der Waals surface area contributed by atoms with Gasteiger partial charge in [0.1, 0.15) is 5.69 Å². The van der Waals surface area contributed by atoms with Crippen molar-refractivity contribution in [2.75, 3.05) is 6.54 Å². The maximum absolute atomic E-state index is 9.12. The molecule has 18 heavy (non-hydrogen) atoms. The second-order valence-corrected chi connectivity index (χ2v) is 4.16. The van der Waals surface area contributed by atoms with Crippen molar-refractivity contribution >= 4 is 5.84 Å². The number of aliphatic hydroxyl groups is 1. The minimum atomic E-state index is -0.266. The van der Waals surface area contributed by atoms with Gasteiger partial charge in [0, 0.05) is 12.7 Å². The molecule has 100 valence electrons. The van der Waals surface area contributed by atoms with E-state index in [-0.39, 0.29) is 11.9 Å². The zero-order valence-electron chi connectivity index (χ0n) is 10.5. The number of nitrogens with two attached hydrogens (primary N) is 1. The number of aliphatic hydroxyl groups excluding tert-OH is 1. The number of hydrogen-bond donors (Lipinski definition) is 4. The van der Waals surface area contributed by atoms with Crippen LogP contribution in [0.4, 0.5) is 0 Å². The van der Waals surface area contributed by atoms with Crippen LogP contribution in [0.1, 0.15) is 31.0 Å². The molecule has 0 aliphatic heterocycles. The second kappa shape index (κ2) is 7.62. The first-order valence-corrected chi connectivity index (χ1v) is 5.95. The van der Waals surface area contributed by atoms with Gasteiger partial charge < -0.3 is 21.4 Å². The molecule has 1 rings (SSSR count). The number of amidine groups is 1. The summed E-state index contributed by atoms with van der Waals surface area (Å²) in [7, 11) is 0. The van der Waals surface area contributed by atoms with Crippen molar-refractivity contribution in [2.45, 2.75) is 32.4 Å².